The molecule has 2 aliphatic rings. The summed E-state index contributed by atoms with van der Waals surface area (Å²) in [7, 11) is 0. The van der Waals surface area contributed by atoms with Gasteiger partial charge in [-0.3, -0.25) is 58.0 Å². The lowest BCUT2D eigenvalue weighted by atomic mass is 9.93. The minimum atomic E-state index is -0.961. The van der Waals surface area contributed by atoms with Crippen LogP contribution in [0, 0.1) is 0 Å². The molecule has 0 unspecified atom stereocenters. The van der Waals surface area contributed by atoms with E-state index in [9.17, 15) is 43.2 Å². The molecule has 2 aromatic carbocycles. The second-order valence-electron chi connectivity index (χ2n) is 22.8. The monoisotopic (exact) mass is 1120 g/mol. The molecular formula is C59H89N7O12S. The number of Topliss-reactive ketones (excluding diaryl/α,β-unsaturated/α-hetero) is 3. The molecule has 0 spiro atoms. The number of nitrogens with zero attached hydrogens (tertiary/aromatic N) is 5. The number of benzene rings is 2. The van der Waals surface area contributed by atoms with Gasteiger partial charge in [0.15, 0.2) is 5.78 Å². The first-order chi connectivity index (χ1) is 37.4. The Labute approximate surface area is 472 Å². The lowest BCUT2D eigenvalue weighted by molar-refractivity contribution is -0.159. The zero-order valence-corrected chi connectivity index (χ0v) is 49.3. The Morgan fingerprint density at radius 2 is 1.18 bits per heavy atom. The SMILES string of the molecule is CSCC[C@H](NC(=O)c1cccc2c1CCN(C(=O)CN1CCN(CC(C)=O)CCN(CC(C)=O)CCN(CC(=O)OC(C)(C)C)CC1)C2)C(=O)CCC(=O)N[C@@H](CCCCCC(=O)OCc1ccccc1)C(=O)OC(C)(C)C. The van der Waals surface area contributed by atoms with Crippen LogP contribution in [0.15, 0.2) is 48.5 Å². The van der Waals surface area contributed by atoms with E-state index in [1.54, 1.807) is 51.7 Å². The highest BCUT2D eigenvalue weighted by Gasteiger charge is 2.31. The van der Waals surface area contributed by atoms with Gasteiger partial charge in [0.25, 0.3) is 5.91 Å². The van der Waals surface area contributed by atoms with E-state index in [-0.39, 0.29) is 100 Å². The molecule has 0 bridgehead atoms. The van der Waals surface area contributed by atoms with Crippen molar-refractivity contribution in [2.24, 2.45) is 0 Å². The number of hydrogen-bond donors (Lipinski definition) is 2. The van der Waals surface area contributed by atoms with E-state index in [1.165, 1.54) is 11.8 Å². The second kappa shape index (κ2) is 33.3. The molecule has 20 heteroatoms. The van der Waals surface area contributed by atoms with E-state index >= 15 is 0 Å². The molecule has 2 heterocycles. The van der Waals surface area contributed by atoms with Crippen molar-refractivity contribution < 1.29 is 57.4 Å². The first-order valence-corrected chi connectivity index (χ1v) is 29.3. The van der Waals surface area contributed by atoms with E-state index in [0.717, 1.165) is 16.7 Å². The van der Waals surface area contributed by atoms with E-state index in [4.69, 9.17) is 14.2 Å². The number of ether oxygens (including phenoxy) is 3. The molecular weight excluding hydrogens is 1030 g/mol. The van der Waals surface area contributed by atoms with E-state index in [1.807, 2.05) is 73.2 Å². The zero-order valence-electron chi connectivity index (χ0n) is 48.5. The Kier molecular flexibility index (Phi) is 27.8. The number of hydrogen-bond acceptors (Lipinski definition) is 17. The minimum Gasteiger partial charge on any atom is -0.461 e. The minimum absolute atomic E-state index is 0.0162. The largest absolute Gasteiger partial charge is 0.461 e. The summed E-state index contributed by atoms with van der Waals surface area (Å²) in [6, 6.07) is 13.0. The Bertz CT molecular complexity index is 2360. The van der Waals surface area contributed by atoms with Gasteiger partial charge in [-0.25, -0.2) is 4.79 Å². The molecule has 2 aliphatic heterocycles. The van der Waals surface area contributed by atoms with Gasteiger partial charge in [0.2, 0.25) is 11.8 Å². The number of esters is 3. The standard InChI is InChI=1S/C59H89N7O12S/c1-43(67)37-62-28-29-63(38-44(2)68)31-34-65(41-55(73)77-58(3,4)5)35-33-64(32-30-62)40-53(71)66-27-25-47-46(39-66)19-16-20-48(47)56(74)61-49(26-36-79-9)51(69)23-24-52(70)60-50(57(75)78-59(6,7)8)21-14-11-15-22-54(72)76-42-45-17-12-10-13-18-45/h10,12-13,16-20,49-50H,11,14-15,21-42H2,1-9H3,(H,60,70)(H,61,74)/t49-,50-/m0/s1. The predicted molar refractivity (Wildman–Crippen MR) is 304 cm³/mol. The van der Waals surface area contributed by atoms with Crippen molar-refractivity contribution in [1.29, 1.82) is 0 Å². The number of carbonyl (C=O) groups excluding carboxylic acids is 9. The fourth-order valence-electron chi connectivity index (χ4n) is 9.41. The summed E-state index contributed by atoms with van der Waals surface area (Å²) in [5, 5.41) is 5.73. The first kappa shape index (κ1) is 66.0. The summed E-state index contributed by atoms with van der Waals surface area (Å²) in [5.41, 5.74) is 1.45. The summed E-state index contributed by atoms with van der Waals surface area (Å²) in [4.78, 5) is 129. The Balaban J connectivity index is 1.37. The quantitative estimate of drug-likeness (QED) is 0.0680. The van der Waals surface area contributed by atoms with Gasteiger partial charge in [-0.15, -0.1) is 0 Å². The molecule has 0 aromatic heterocycles. The number of rotatable bonds is 27. The molecule has 0 radical (unpaired) electrons. The average molecular weight is 1120 g/mol. The normalized spacial score (nSPS) is 16.2. The van der Waals surface area contributed by atoms with Gasteiger partial charge in [0, 0.05) is 90.3 Å². The van der Waals surface area contributed by atoms with Crippen LogP contribution in [-0.2, 0) is 72.1 Å². The number of thioether (sulfide) groups is 1. The zero-order chi connectivity index (χ0) is 58.1. The number of amides is 3. The maximum atomic E-state index is 14.2. The van der Waals surface area contributed by atoms with Gasteiger partial charge in [-0.2, -0.15) is 11.8 Å². The summed E-state index contributed by atoms with van der Waals surface area (Å²) < 4.78 is 16.7. The predicted octanol–water partition coefficient (Wildman–Crippen LogP) is 5.03. The van der Waals surface area contributed by atoms with Crippen LogP contribution in [0.1, 0.15) is 134 Å². The molecule has 1 fully saturated rings. The Morgan fingerprint density at radius 3 is 1.75 bits per heavy atom. The molecule has 0 saturated carbocycles. The Hall–Kier alpha value is -5.54. The number of carbonyl (C=O) groups is 9. The van der Waals surface area contributed by atoms with Crippen molar-refractivity contribution in [3.8, 4) is 0 Å². The molecule has 0 aliphatic carbocycles. The van der Waals surface area contributed by atoms with Crippen LogP contribution in [0.25, 0.3) is 0 Å². The highest BCUT2D eigenvalue weighted by molar-refractivity contribution is 7.98. The van der Waals surface area contributed by atoms with Crippen LogP contribution < -0.4 is 10.6 Å². The summed E-state index contributed by atoms with van der Waals surface area (Å²) in [5.74, 6) is -2.00. The molecule has 2 atom stereocenters. The maximum absolute atomic E-state index is 14.2. The van der Waals surface area contributed by atoms with Crippen LogP contribution in [-0.4, -0.2) is 198 Å². The number of unbranched alkanes of at least 4 members (excludes halogenated alkanes) is 2. The highest BCUT2D eigenvalue weighted by Crippen LogP contribution is 2.24. The smallest absolute Gasteiger partial charge is 0.329 e. The van der Waals surface area contributed by atoms with Crippen molar-refractivity contribution in [2.75, 3.05) is 97.1 Å². The van der Waals surface area contributed by atoms with Gasteiger partial charge in [-0.05, 0) is 116 Å². The van der Waals surface area contributed by atoms with Gasteiger partial charge >= 0.3 is 17.9 Å². The molecule has 3 amide bonds. The summed E-state index contributed by atoms with van der Waals surface area (Å²) in [6.07, 6.45) is 4.44. The van der Waals surface area contributed by atoms with Gasteiger partial charge < -0.3 is 29.7 Å². The number of fused-ring (bicyclic) bond motifs is 1. The average Bonchev–Trinajstić information content (AvgIpc) is 3.39. The number of ketones is 3. The van der Waals surface area contributed by atoms with Crippen LogP contribution in [0.2, 0.25) is 0 Å². The van der Waals surface area contributed by atoms with Crippen LogP contribution in [0.5, 0.6) is 0 Å². The van der Waals surface area contributed by atoms with E-state index < -0.39 is 41.1 Å². The van der Waals surface area contributed by atoms with E-state index in [2.05, 4.69) is 20.4 Å². The van der Waals surface area contributed by atoms with Crippen molar-refractivity contribution in [3.63, 3.8) is 0 Å². The second-order valence-corrected chi connectivity index (χ2v) is 23.8. The number of nitrogens with one attached hydrogen (secondary N) is 2. The highest BCUT2D eigenvalue weighted by atomic mass is 32.2. The molecule has 2 N–H and O–H groups in total. The van der Waals surface area contributed by atoms with Crippen molar-refractivity contribution in [3.05, 3.63) is 70.8 Å². The van der Waals surface area contributed by atoms with Crippen molar-refractivity contribution in [2.45, 2.75) is 150 Å². The van der Waals surface area contributed by atoms with E-state index in [0.29, 0.717) is 102 Å². The molecule has 4 rings (SSSR count). The molecule has 2 aromatic rings. The lowest BCUT2D eigenvalue weighted by Gasteiger charge is -2.35. The first-order valence-electron chi connectivity index (χ1n) is 27.9. The van der Waals surface area contributed by atoms with Crippen LogP contribution >= 0.6 is 11.8 Å². The molecule has 438 valence electrons. The van der Waals surface area contributed by atoms with Crippen LogP contribution in [0.4, 0.5) is 0 Å². The van der Waals surface area contributed by atoms with Gasteiger partial charge in [0.1, 0.15) is 35.4 Å². The third-order valence-corrected chi connectivity index (χ3v) is 14.0. The molecule has 79 heavy (non-hydrogen) atoms. The van der Waals surface area contributed by atoms with Gasteiger partial charge in [-0.1, -0.05) is 55.3 Å². The fourth-order valence-corrected chi connectivity index (χ4v) is 9.88. The third kappa shape index (κ3) is 26.1. The summed E-state index contributed by atoms with van der Waals surface area (Å²) in [6.45, 7) is 19.2. The third-order valence-electron chi connectivity index (χ3n) is 13.4. The fraction of sp³-hybridized carbons (Fsp3) is 0.644. The molecule has 19 nitrogen and oxygen atoms in total. The lowest BCUT2D eigenvalue weighted by Crippen LogP contribution is -2.50. The van der Waals surface area contributed by atoms with Crippen molar-refractivity contribution in [1.82, 2.24) is 35.1 Å². The molecule has 1 saturated heterocycles. The maximum Gasteiger partial charge on any atom is 0.329 e. The Morgan fingerprint density at radius 1 is 0.595 bits per heavy atom. The summed E-state index contributed by atoms with van der Waals surface area (Å²) >= 11 is 1.53. The van der Waals surface area contributed by atoms with Crippen molar-refractivity contribution >= 4 is 64.7 Å². The van der Waals surface area contributed by atoms with Gasteiger partial charge in [0.05, 0.1) is 32.2 Å². The van der Waals surface area contributed by atoms with Crippen LogP contribution in [0.3, 0.4) is 0 Å². The topological polar surface area (TPSA) is 222 Å².